The second-order valence-electron chi connectivity index (χ2n) is 5.30. The van der Waals surface area contributed by atoms with E-state index in [0.717, 1.165) is 19.5 Å². The number of hydrogen-bond acceptors (Lipinski definition) is 1. The van der Waals surface area contributed by atoms with Crippen LogP contribution in [0.1, 0.15) is 45.2 Å². The molecule has 0 unspecified atom stereocenters. The second-order valence-corrected chi connectivity index (χ2v) is 5.30. The Morgan fingerprint density at radius 2 is 1.76 bits per heavy atom. The highest BCUT2D eigenvalue weighted by atomic mass is 14.8. The molecule has 0 aliphatic carbocycles. The molecular weight excluding hydrogens is 206 g/mol. The van der Waals surface area contributed by atoms with Gasteiger partial charge in [-0.3, -0.25) is 0 Å². The summed E-state index contributed by atoms with van der Waals surface area (Å²) in [7, 11) is 0. The highest BCUT2D eigenvalue weighted by molar-refractivity contribution is 5.27. The first-order valence-electron chi connectivity index (χ1n) is 6.24. The average molecular weight is 229 g/mol. The Hall–Kier alpha value is -1.26. The van der Waals surface area contributed by atoms with E-state index < -0.39 is 0 Å². The largest absolute Gasteiger partial charge is 0.312 e. The van der Waals surface area contributed by atoms with Gasteiger partial charge in [-0.25, -0.2) is 0 Å². The third kappa shape index (κ3) is 5.06. The van der Waals surface area contributed by atoms with E-state index in [-0.39, 0.29) is 5.41 Å². The van der Waals surface area contributed by atoms with Gasteiger partial charge in [0.2, 0.25) is 0 Å². The minimum atomic E-state index is 0.239. The topological polar surface area (TPSA) is 12.0 Å². The molecule has 0 heterocycles. The highest BCUT2D eigenvalue weighted by Crippen LogP contribution is 2.21. The van der Waals surface area contributed by atoms with Crippen LogP contribution in [-0.2, 0) is 12.0 Å². The number of hydrogen-bond donors (Lipinski definition) is 1. The highest BCUT2D eigenvalue weighted by Gasteiger charge is 2.12. The van der Waals surface area contributed by atoms with Crippen LogP contribution >= 0.6 is 0 Å². The number of benzene rings is 1. The summed E-state index contributed by atoms with van der Waals surface area (Å²) < 4.78 is 0. The first-order valence-corrected chi connectivity index (χ1v) is 6.24. The van der Waals surface area contributed by atoms with Crippen molar-refractivity contribution in [3.05, 3.63) is 35.4 Å². The summed E-state index contributed by atoms with van der Waals surface area (Å²) in [5.41, 5.74) is 2.96. The van der Waals surface area contributed by atoms with Gasteiger partial charge in [0, 0.05) is 19.5 Å². The predicted octanol–water partition coefficient (Wildman–Crippen LogP) is 3.49. The van der Waals surface area contributed by atoms with Gasteiger partial charge in [-0.2, -0.15) is 0 Å². The molecule has 0 amide bonds. The lowest BCUT2D eigenvalue weighted by Gasteiger charge is -2.19. The monoisotopic (exact) mass is 229 g/mol. The van der Waals surface area contributed by atoms with Crippen molar-refractivity contribution in [3.8, 4) is 11.8 Å². The Labute approximate surface area is 106 Å². The zero-order valence-corrected chi connectivity index (χ0v) is 11.4. The van der Waals surface area contributed by atoms with Crippen LogP contribution in [0.25, 0.3) is 0 Å². The van der Waals surface area contributed by atoms with Crippen LogP contribution in [-0.4, -0.2) is 6.54 Å². The van der Waals surface area contributed by atoms with Crippen molar-refractivity contribution < 1.29 is 0 Å². The molecule has 0 aromatic heterocycles. The van der Waals surface area contributed by atoms with Crippen LogP contribution < -0.4 is 5.32 Å². The Kier molecular flexibility index (Phi) is 5.25. The minimum absolute atomic E-state index is 0.239. The Morgan fingerprint density at radius 3 is 2.29 bits per heavy atom. The van der Waals surface area contributed by atoms with Crippen molar-refractivity contribution in [2.45, 2.75) is 46.1 Å². The summed E-state index contributed by atoms with van der Waals surface area (Å²) in [6.07, 6.45) is 0.927. The smallest absolute Gasteiger partial charge is 0.0214 e. The Morgan fingerprint density at radius 1 is 1.12 bits per heavy atom. The van der Waals surface area contributed by atoms with Crippen LogP contribution in [0.15, 0.2) is 24.3 Å². The predicted molar refractivity (Wildman–Crippen MR) is 74.9 cm³/mol. The van der Waals surface area contributed by atoms with E-state index >= 15 is 0 Å². The van der Waals surface area contributed by atoms with Crippen molar-refractivity contribution in [2.24, 2.45) is 0 Å². The van der Waals surface area contributed by atoms with Gasteiger partial charge in [0.15, 0.2) is 0 Å². The minimum Gasteiger partial charge on any atom is -0.312 e. The van der Waals surface area contributed by atoms with E-state index in [4.69, 9.17) is 0 Å². The molecule has 17 heavy (non-hydrogen) atoms. The first kappa shape index (κ1) is 13.8. The number of nitrogens with one attached hydrogen (secondary N) is 1. The molecule has 1 nitrogen and oxygen atoms in total. The average Bonchev–Trinajstić information content (AvgIpc) is 2.28. The summed E-state index contributed by atoms with van der Waals surface area (Å²) in [4.78, 5) is 0. The molecule has 1 aromatic carbocycles. The summed E-state index contributed by atoms with van der Waals surface area (Å²) >= 11 is 0. The van der Waals surface area contributed by atoms with Crippen LogP contribution in [0.5, 0.6) is 0 Å². The lowest BCUT2D eigenvalue weighted by molar-refractivity contribution is 0.589. The lowest BCUT2D eigenvalue weighted by atomic mass is 9.87. The molecule has 0 bridgehead atoms. The molecule has 1 aromatic rings. The van der Waals surface area contributed by atoms with Gasteiger partial charge in [0.1, 0.15) is 0 Å². The summed E-state index contributed by atoms with van der Waals surface area (Å²) in [5.74, 6) is 5.95. The molecule has 0 radical (unpaired) electrons. The molecule has 0 saturated carbocycles. The third-order valence-electron chi connectivity index (χ3n) is 2.75. The van der Waals surface area contributed by atoms with Crippen molar-refractivity contribution in [2.75, 3.05) is 6.54 Å². The van der Waals surface area contributed by atoms with Gasteiger partial charge in [-0.05, 0) is 23.5 Å². The van der Waals surface area contributed by atoms with Crippen molar-refractivity contribution in [3.63, 3.8) is 0 Å². The molecule has 0 saturated heterocycles. The second kappa shape index (κ2) is 6.47. The van der Waals surface area contributed by atoms with Gasteiger partial charge in [-0.1, -0.05) is 45.0 Å². The molecule has 92 valence electrons. The molecule has 0 spiro atoms. The van der Waals surface area contributed by atoms with Gasteiger partial charge in [0.05, 0.1) is 0 Å². The summed E-state index contributed by atoms with van der Waals surface area (Å²) in [5, 5.41) is 3.39. The zero-order valence-electron chi connectivity index (χ0n) is 11.4. The van der Waals surface area contributed by atoms with Crippen molar-refractivity contribution >= 4 is 0 Å². The Balaban J connectivity index is 2.42. The van der Waals surface area contributed by atoms with E-state index in [1.54, 1.807) is 0 Å². The van der Waals surface area contributed by atoms with E-state index in [1.807, 2.05) is 6.92 Å². The maximum absolute atomic E-state index is 3.39. The van der Waals surface area contributed by atoms with Gasteiger partial charge < -0.3 is 5.32 Å². The van der Waals surface area contributed by atoms with E-state index in [0.29, 0.717) is 0 Å². The van der Waals surface area contributed by atoms with Gasteiger partial charge in [-0.15, -0.1) is 11.8 Å². The third-order valence-corrected chi connectivity index (χ3v) is 2.75. The molecular formula is C16H23N. The molecule has 0 atom stereocenters. The maximum Gasteiger partial charge on any atom is 0.0214 e. The van der Waals surface area contributed by atoms with Crippen LogP contribution in [0, 0.1) is 11.8 Å². The van der Waals surface area contributed by atoms with Crippen LogP contribution in [0.4, 0.5) is 0 Å². The molecule has 1 heteroatoms. The lowest BCUT2D eigenvalue weighted by Crippen LogP contribution is -2.15. The zero-order chi connectivity index (χ0) is 12.7. The van der Waals surface area contributed by atoms with E-state index in [2.05, 4.69) is 62.2 Å². The molecule has 0 fully saturated rings. The van der Waals surface area contributed by atoms with Gasteiger partial charge in [0.25, 0.3) is 0 Å². The fourth-order valence-electron chi connectivity index (χ4n) is 1.63. The number of rotatable bonds is 4. The fourth-order valence-corrected chi connectivity index (χ4v) is 1.63. The molecule has 0 aliphatic rings. The molecule has 1 rings (SSSR count). The van der Waals surface area contributed by atoms with Crippen LogP contribution in [0.2, 0.25) is 0 Å². The van der Waals surface area contributed by atoms with Crippen molar-refractivity contribution in [1.82, 2.24) is 5.32 Å². The van der Waals surface area contributed by atoms with E-state index in [1.165, 1.54) is 11.1 Å². The maximum atomic E-state index is 3.39. The molecule has 0 aliphatic heterocycles. The normalized spacial score (nSPS) is 10.8. The Bertz CT molecular complexity index is 384. The first-order chi connectivity index (χ1) is 8.04. The van der Waals surface area contributed by atoms with E-state index in [9.17, 15) is 0 Å². The van der Waals surface area contributed by atoms with Gasteiger partial charge >= 0.3 is 0 Å². The summed E-state index contributed by atoms with van der Waals surface area (Å²) in [6.45, 7) is 10.5. The van der Waals surface area contributed by atoms with Crippen LogP contribution in [0.3, 0.4) is 0 Å². The standard InChI is InChI=1S/C16H23N/c1-5-6-7-12-17-13-14-8-10-15(11-9-14)16(2,3)4/h8-11,17H,7,12-13H2,1-4H3. The quantitative estimate of drug-likeness (QED) is 0.615. The SMILES string of the molecule is CC#CCCNCc1ccc(C(C)(C)C)cc1. The fraction of sp³-hybridized carbons (Fsp3) is 0.500. The summed E-state index contributed by atoms with van der Waals surface area (Å²) in [6, 6.07) is 8.86. The molecule has 1 N–H and O–H groups in total. The van der Waals surface area contributed by atoms with Crippen molar-refractivity contribution in [1.29, 1.82) is 0 Å².